The van der Waals surface area contributed by atoms with Crippen LogP contribution >= 0.6 is 0 Å². The van der Waals surface area contributed by atoms with E-state index in [-0.39, 0.29) is 11.8 Å². The number of nitrogens with zero attached hydrogens (tertiary/aromatic N) is 2. The SMILES string of the molecule is CCN(CC)CCNCC(C(N)=NO)c1ccccc1. The van der Waals surface area contributed by atoms with E-state index in [2.05, 4.69) is 29.2 Å². The fourth-order valence-corrected chi connectivity index (χ4v) is 2.17. The average molecular weight is 278 g/mol. The van der Waals surface area contributed by atoms with E-state index in [4.69, 9.17) is 10.9 Å². The van der Waals surface area contributed by atoms with Gasteiger partial charge in [-0.1, -0.05) is 49.3 Å². The summed E-state index contributed by atoms with van der Waals surface area (Å²) >= 11 is 0. The molecule has 1 aromatic carbocycles. The zero-order chi connectivity index (χ0) is 14.8. The van der Waals surface area contributed by atoms with Crippen LogP contribution in [0.3, 0.4) is 0 Å². The Labute approximate surface area is 121 Å². The maximum Gasteiger partial charge on any atom is 0.147 e. The van der Waals surface area contributed by atoms with E-state index in [1.54, 1.807) is 0 Å². The molecule has 1 unspecified atom stereocenters. The van der Waals surface area contributed by atoms with Crippen LogP contribution in [0.5, 0.6) is 0 Å². The van der Waals surface area contributed by atoms with Crippen molar-refractivity contribution < 1.29 is 5.21 Å². The molecular weight excluding hydrogens is 252 g/mol. The molecule has 0 heterocycles. The molecule has 0 aliphatic rings. The smallest absolute Gasteiger partial charge is 0.147 e. The van der Waals surface area contributed by atoms with Gasteiger partial charge in [-0.25, -0.2) is 0 Å². The molecule has 1 atom stereocenters. The average Bonchev–Trinajstić information content (AvgIpc) is 2.51. The summed E-state index contributed by atoms with van der Waals surface area (Å²) in [5.74, 6) is 0.143. The zero-order valence-corrected chi connectivity index (χ0v) is 12.4. The summed E-state index contributed by atoms with van der Waals surface area (Å²) in [5, 5.41) is 15.5. The van der Waals surface area contributed by atoms with Crippen molar-refractivity contribution in [3.8, 4) is 0 Å². The molecule has 1 aromatic rings. The molecule has 0 radical (unpaired) electrons. The first kappa shape index (κ1) is 16.5. The molecule has 112 valence electrons. The first-order chi connectivity index (χ1) is 9.72. The summed E-state index contributed by atoms with van der Waals surface area (Å²) in [4.78, 5) is 2.36. The lowest BCUT2D eigenvalue weighted by Gasteiger charge is -2.20. The van der Waals surface area contributed by atoms with Crippen LogP contribution in [0.25, 0.3) is 0 Å². The number of nitrogens with one attached hydrogen (secondary N) is 1. The number of benzene rings is 1. The zero-order valence-electron chi connectivity index (χ0n) is 12.4. The van der Waals surface area contributed by atoms with Crippen LogP contribution in [0.2, 0.25) is 0 Å². The molecule has 0 aliphatic carbocycles. The van der Waals surface area contributed by atoms with E-state index in [1.165, 1.54) is 0 Å². The minimum atomic E-state index is -0.0992. The van der Waals surface area contributed by atoms with Crippen LogP contribution < -0.4 is 11.1 Å². The van der Waals surface area contributed by atoms with Crippen molar-refractivity contribution in [2.24, 2.45) is 10.9 Å². The summed E-state index contributed by atoms with van der Waals surface area (Å²) in [6.45, 7) is 9.00. The molecular formula is C15H26N4O. The molecule has 0 aromatic heterocycles. The van der Waals surface area contributed by atoms with Crippen molar-refractivity contribution in [1.82, 2.24) is 10.2 Å². The van der Waals surface area contributed by atoms with Crippen LogP contribution in [0.1, 0.15) is 25.3 Å². The predicted molar refractivity (Wildman–Crippen MR) is 83.2 cm³/mol. The second kappa shape index (κ2) is 9.34. The van der Waals surface area contributed by atoms with Crippen molar-refractivity contribution >= 4 is 5.84 Å². The van der Waals surface area contributed by atoms with Crippen molar-refractivity contribution in [3.05, 3.63) is 35.9 Å². The van der Waals surface area contributed by atoms with Crippen LogP contribution in [-0.4, -0.2) is 48.7 Å². The van der Waals surface area contributed by atoms with Gasteiger partial charge in [0.05, 0.1) is 5.92 Å². The van der Waals surface area contributed by atoms with E-state index in [0.717, 1.165) is 31.7 Å². The third-order valence-corrected chi connectivity index (χ3v) is 3.52. The van der Waals surface area contributed by atoms with E-state index < -0.39 is 0 Å². The fraction of sp³-hybridized carbons (Fsp3) is 0.533. The number of hydrogen-bond donors (Lipinski definition) is 3. The van der Waals surface area contributed by atoms with Crippen molar-refractivity contribution in [1.29, 1.82) is 0 Å². The fourth-order valence-electron chi connectivity index (χ4n) is 2.17. The number of oxime groups is 1. The molecule has 0 saturated heterocycles. The third-order valence-electron chi connectivity index (χ3n) is 3.52. The largest absolute Gasteiger partial charge is 0.409 e. The molecule has 0 spiro atoms. The first-order valence-electron chi connectivity index (χ1n) is 7.18. The van der Waals surface area contributed by atoms with Gasteiger partial charge in [-0.2, -0.15) is 0 Å². The number of nitrogens with two attached hydrogens (primary N) is 1. The van der Waals surface area contributed by atoms with Gasteiger partial charge in [0.1, 0.15) is 5.84 Å². The number of hydrogen-bond acceptors (Lipinski definition) is 4. The minimum Gasteiger partial charge on any atom is -0.409 e. The van der Waals surface area contributed by atoms with Gasteiger partial charge in [-0.3, -0.25) is 0 Å². The second-order valence-electron chi connectivity index (χ2n) is 4.72. The Morgan fingerprint density at radius 3 is 2.50 bits per heavy atom. The van der Waals surface area contributed by atoms with Gasteiger partial charge in [0.2, 0.25) is 0 Å². The van der Waals surface area contributed by atoms with E-state index in [0.29, 0.717) is 6.54 Å². The maximum atomic E-state index is 8.91. The summed E-state index contributed by atoms with van der Waals surface area (Å²) < 4.78 is 0. The Hall–Kier alpha value is -1.59. The van der Waals surface area contributed by atoms with Gasteiger partial charge in [-0.15, -0.1) is 0 Å². The van der Waals surface area contributed by atoms with Crippen LogP contribution in [0.15, 0.2) is 35.5 Å². The summed E-state index contributed by atoms with van der Waals surface area (Å²) in [6.07, 6.45) is 0. The molecule has 4 N–H and O–H groups in total. The molecule has 20 heavy (non-hydrogen) atoms. The van der Waals surface area contributed by atoms with Crippen LogP contribution in [-0.2, 0) is 0 Å². The highest BCUT2D eigenvalue weighted by atomic mass is 16.4. The van der Waals surface area contributed by atoms with Crippen molar-refractivity contribution in [2.45, 2.75) is 19.8 Å². The van der Waals surface area contributed by atoms with Gasteiger partial charge in [0.15, 0.2) is 0 Å². The second-order valence-corrected chi connectivity index (χ2v) is 4.72. The Bertz CT molecular complexity index is 390. The standard InChI is InChI=1S/C15H26N4O/c1-3-19(4-2)11-10-17-12-14(15(16)18-20)13-8-6-5-7-9-13/h5-9,14,17,20H,3-4,10-12H2,1-2H3,(H2,16,18). The molecule has 0 aliphatic heterocycles. The maximum absolute atomic E-state index is 8.91. The highest BCUT2D eigenvalue weighted by Gasteiger charge is 2.15. The third kappa shape index (κ3) is 5.19. The molecule has 0 fully saturated rings. The van der Waals surface area contributed by atoms with Crippen LogP contribution in [0, 0.1) is 0 Å². The highest BCUT2D eigenvalue weighted by molar-refractivity contribution is 5.87. The van der Waals surface area contributed by atoms with E-state index in [9.17, 15) is 0 Å². The quantitative estimate of drug-likeness (QED) is 0.210. The normalized spacial score (nSPS) is 13.7. The van der Waals surface area contributed by atoms with Gasteiger partial charge < -0.3 is 21.2 Å². The van der Waals surface area contributed by atoms with Gasteiger partial charge in [-0.05, 0) is 18.7 Å². The lowest BCUT2D eigenvalue weighted by Crippen LogP contribution is -2.36. The molecule has 0 bridgehead atoms. The number of amidine groups is 1. The minimum absolute atomic E-state index is 0.0992. The van der Waals surface area contributed by atoms with Gasteiger partial charge in [0, 0.05) is 19.6 Å². The number of likely N-dealkylation sites (N-methyl/N-ethyl adjacent to an activating group) is 1. The molecule has 0 amide bonds. The highest BCUT2D eigenvalue weighted by Crippen LogP contribution is 2.14. The van der Waals surface area contributed by atoms with E-state index in [1.807, 2.05) is 30.3 Å². The lowest BCUT2D eigenvalue weighted by molar-refractivity contribution is 0.301. The predicted octanol–water partition coefficient (Wildman–Crippen LogP) is 1.45. The first-order valence-corrected chi connectivity index (χ1v) is 7.18. The Balaban J connectivity index is 2.51. The Morgan fingerprint density at radius 1 is 1.30 bits per heavy atom. The number of rotatable bonds is 9. The van der Waals surface area contributed by atoms with Crippen molar-refractivity contribution in [3.63, 3.8) is 0 Å². The van der Waals surface area contributed by atoms with E-state index >= 15 is 0 Å². The topological polar surface area (TPSA) is 73.9 Å². The van der Waals surface area contributed by atoms with Crippen molar-refractivity contribution in [2.75, 3.05) is 32.7 Å². The summed E-state index contributed by atoms with van der Waals surface area (Å²) in [6, 6.07) is 9.87. The molecule has 5 heteroatoms. The van der Waals surface area contributed by atoms with Gasteiger partial charge in [0.25, 0.3) is 0 Å². The Morgan fingerprint density at radius 2 is 1.95 bits per heavy atom. The summed E-state index contributed by atoms with van der Waals surface area (Å²) in [5.41, 5.74) is 6.85. The van der Waals surface area contributed by atoms with Gasteiger partial charge >= 0.3 is 0 Å². The molecule has 1 rings (SSSR count). The lowest BCUT2D eigenvalue weighted by atomic mass is 9.98. The monoisotopic (exact) mass is 278 g/mol. The molecule has 0 saturated carbocycles. The molecule has 5 nitrogen and oxygen atoms in total. The summed E-state index contributed by atoms with van der Waals surface area (Å²) in [7, 11) is 0. The van der Waals surface area contributed by atoms with Crippen LogP contribution in [0.4, 0.5) is 0 Å². The Kier molecular flexibility index (Phi) is 7.69.